The molecule has 19 heavy (non-hydrogen) atoms. The van der Waals surface area contributed by atoms with Crippen LogP contribution >= 0.6 is 0 Å². The summed E-state index contributed by atoms with van der Waals surface area (Å²) in [6.07, 6.45) is 10.8. The second-order valence-corrected chi connectivity index (χ2v) is 20.4. The Hall–Kier alpha value is 0.411. The van der Waals surface area contributed by atoms with E-state index in [1.165, 1.54) is 31.7 Å². The van der Waals surface area contributed by atoms with E-state index in [4.69, 9.17) is 0 Å². The average Bonchev–Trinajstić information content (AvgIpc) is 2.65. The van der Waals surface area contributed by atoms with Crippen LogP contribution in [0, 0.1) is 0 Å². The molecule has 0 spiro atoms. The molecule has 2 aliphatic carbocycles. The van der Waals surface area contributed by atoms with Gasteiger partial charge in [0.15, 0.2) is 0 Å². The average molecular weight is 312 g/mol. The van der Waals surface area contributed by atoms with Gasteiger partial charge in [-0.25, -0.2) is 0 Å². The first-order valence-corrected chi connectivity index (χ1v) is 15.2. The molecule has 108 valence electrons. The van der Waals surface area contributed by atoms with Gasteiger partial charge in [-0.15, -0.1) is 0 Å². The molecule has 0 saturated carbocycles. The summed E-state index contributed by atoms with van der Waals surface area (Å²) in [6, 6.07) is 1.54. The number of rotatable bonds is 3. The summed E-state index contributed by atoms with van der Waals surface area (Å²) in [4.78, 5) is 0. The predicted molar refractivity (Wildman–Crippen MR) is 88.0 cm³/mol. The summed E-state index contributed by atoms with van der Waals surface area (Å²) in [5, 5.41) is 8.54. The van der Waals surface area contributed by atoms with Crippen LogP contribution in [0.3, 0.4) is 0 Å². The third-order valence-electron chi connectivity index (χ3n) is 5.23. The summed E-state index contributed by atoms with van der Waals surface area (Å²) in [6.45, 7) is 7.37. The molecule has 0 amide bonds. The first-order chi connectivity index (χ1) is 8.66. The van der Waals surface area contributed by atoms with Crippen molar-refractivity contribution in [3.8, 4) is 0 Å². The van der Waals surface area contributed by atoms with Crippen LogP contribution in [0.1, 0.15) is 46.5 Å². The quantitative estimate of drug-likeness (QED) is 0.587. The van der Waals surface area contributed by atoms with E-state index < -0.39 is 16.6 Å². The van der Waals surface area contributed by atoms with Crippen molar-refractivity contribution in [3.63, 3.8) is 0 Å². The molecule has 0 fully saturated rings. The van der Waals surface area contributed by atoms with Crippen molar-refractivity contribution in [3.05, 3.63) is 23.3 Å². The zero-order valence-electron chi connectivity index (χ0n) is 13.9. The van der Waals surface area contributed by atoms with Gasteiger partial charge in [-0.05, 0) is 0 Å². The Morgan fingerprint density at radius 3 is 2.37 bits per heavy atom. The van der Waals surface area contributed by atoms with Gasteiger partial charge in [0.1, 0.15) is 0 Å². The van der Waals surface area contributed by atoms with E-state index >= 15 is 0 Å². The molecule has 0 saturated heterocycles. The topological polar surface area (TPSA) is 0 Å². The summed E-state index contributed by atoms with van der Waals surface area (Å²) >= 11 is -1.74. The molecular weight excluding hydrogens is 280 g/mol. The fraction of sp³-hybridized carbons (Fsp3) is 0.765. The Morgan fingerprint density at radius 1 is 1.16 bits per heavy atom. The fourth-order valence-corrected chi connectivity index (χ4v) is 13.1. The molecule has 0 aromatic rings. The van der Waals surface area contributed by atoms with Gasteiger partial charge in [0.2, 0.25) is 0 Å². The summed E-state index contributed by atoms with van der Waals surface area (Å²) in [5.74, 6) is 0. The van der Waals surface area contributed by atoms with Crippen molar-refractivity contribution in [2.75, 3.05) is 0 Å². The Bertz CT molecular complexity index is 406. The first-order valence-electron chi connectivity index (χ1n) is 8.07. The third-order valence-corrected chi connectivity index (χ3v) is 13.8. The van der Waals surface area contributed by atoms with E-state index in [0.29, 0.717) is 8.76 Å². The Morgan fingerprint density at radius 2 is 1.79 bits per heavy atom. The minimum absolute atomic E-state index is 0.00217. The van der Waals surface area contributed by atoms with Crippen molar-refractivity contribution in [2.45, 2.75) is 76.9 Å². The molecule has 1 atom stereocenters. The summed E-state index contributed by atoms with van der Waals surface area (Å²) in [5.41, 5.74) is 3.65. The molecule has 0 radical (unpaired) electrons. The normalized spacial score (nSPS) is 28.5. The van der Waals surface area contributed by atoms with Crippen molar-refractivity contribution >= 4 is 9.52 Å². The Balaban J connectivity index is 2.32. The van der Waals surface area contributed by atoms with Crippen molar-refractivity contribution in [2.24, 2.45) is 0 Å². The van der Waals surface area contributed by atoms with Gasteiger partial charge in [0.05, 0.1) is 0 Å². The maximum atomic E-state index is 2.68. The SMILES string of the molecule is CC(C)(C)[SiH2]C[C]1([Ti]([CH3])([CH3])[CH3])C=CC2=C1CCCC2. The van der Waals surface area contributed by atoms with Gasteiger partial charge in [-0.1, -0.05) is 0 Å². The Labute approximate surface area is 126 Å². The van der Waals surface area contributed by atoms with E-state index in [0.717, 1.165) is 0 Å². The Kier molecular flexibility index (Phi) is 4.42. The van der Waals surface area contributed by atoms with Gasteiger partial charge in [-0.3, -0.25) is 0 Å². The fourth-order valence-electron chi connectivity index (χ4n) is 3.85. The van der Waals surface area contributed by atoms with Gasteiger partial charge in [0.25, 0.3) is 0 Å². The maximum absolute atomic E-state index is 2.68. The molecular formula is C17H32SiTi. The van der Waals surface area contributed by atoms with Crippen LogP contribution in [-0.2, 0) is 16.6 Å². The molecule has 2 heteroatoms. The van der Waals surface area contributed by atoms with Crippen LogP contribution in [-0.4, -0.2) is 9.52 Å². The van der Waals surface area contributed by atoms with E-state index in [-0.39, 0.29) is 9.52 Å². The van der Waals surface area contributed by atoms with Crippen molar-refractivity contribution < 1.29 is 16.6 Å². The second-order valence-electron chi connectivity index (χ2n) is 8.83. The molecule has 0 bridgehead atoms. The van der Waals surface area contributed by atoms with Crippen LogP contribution in [0.25, 0.3) is 0 Å². The molecule has 0 aromatic heterocycles. The van der Waals surface area contributed by atoms with Gasteiger partial charge in [-0.2, -0.15) is 0 Å². The number of allylic oxidation sites excluding steroid dienone is 4. The molecule has 1 unspecified atom stereocenters. The van der Waals surface area contributed by atoms with Gasteiger partial charge in [0, 0.05) is 0 Å². The molecule has 2 aliphatic rings. The number of hydrogen-bond acceptors (Lipinski definition) is 0. The van der Waals surface area contributed by atoms with Gasteiger partial charge >= 0.3 is 126 Å². The molecule has 0 aromatic carbocycles. The van der Waals surface area contributed by atoms with Crippen molar-refractivity contribution in [1.29, 1.82) is 0 Å². The van der Waals surface area contributed by atoms with Crippen LogP contribution in [0.15, 0.2) is 23.3 Å². The third kappa shape index (κ3) is 3.19. The van der Waals surface area contributed by atoms with Crippen molar-refractivity contribution in [1.82, 2.24) is 0 Å². The van der Waals surface area contributed by atoms with E-state index in [1.807, 2.05) is 5.57 Å². The standard InChI is InChI=1S/C14H23Si.3CH3.Ti/c1-14(2,3)15-10-12-9-8-11-6-4-5-7-13(11)12;;;;/h8-9H,4-7,10,15H2,1-3H3;3*1H3;. The monoisotopic (exact) mass is 312 g/mol. The minimum atomic E-state index is -1.74. The van der Waals surface area contributed by atoms with Crippen LogP contribution in [0.5, 0.6) is 0 Å². The van der Waals surface area contributed by atoms with Crippen LogP contribution < -0.4 is 0 Å². The zero-order chi connectivity index (χ0) is 14.3. The van der Waals surface area contributed by atoms with Crippen LogP contribution in [0.2, 0.25) is 30.5 Å². The summed E-state index contributed by atoms with van der Waals surface area (Å²) < 4.78 is 0.579. The molecule has 0 heterocycles. The van der Waals surface area contributed by atoms with E-state index in [9.17, 15) is 0 Å². The number of hydrogen-bond donors (Lipinski definition) is 0. The molecule has 0 aliphatic heterocycles. The molecule has 2 rings (SSSR count). The van der Waals surface area contributed by atoms with Gasteiger partial charge < -0.3 is 0 Å². The summed E-state index contributed by atoms with van der Waals surface area (Å²) in [7, 11) is -0.00217. The second kappa shape index (κ2) is 5.31. The zero-order valence-corrected chi connectivity index (χ0v) is 16.9. The molecule has 0 nitrogen and oxygen atoms in total. The first kappa shape index (κ1) is 15.8. The predicted octanol–water partition coefficient (Wildman–Crippen LogP) is 5.69. The van der Waals surface area contributed by atoms with E-state index in [2.05, 4.69) is 48.6 Å². The van der Waals surface area contributed by atoms with E-state index in [1.54, 1.807) is 5.57 Å². The molecule has 0 N–H and O–H groups in total. The van der Waals surface area contributed by atoms with Crippen LogP contribution in [0.4, 0.5) is 0 Å².